The van der Waals surface area contributed by atoms with Crippen molar-refractivity contribution in [3.05, 3.63) is 23.6 Å². The molecule has 3 aliphatic heterocycles. The van der Waals surface area contributed by atoms with Crippen LogP contribution in [0.25, 0.3) is 0 Å². The number of aromatic nitrogens is 4. The summed E-state index contributed by atoms with van der Waals surface area (Å²) in [7, 11) is 1.83. The third-order valence-electron chi connectivity index (χ3n) is 5.25. The molecule has 5 rings (SSSR count). The Morgan fingerprint density at radius 1 is 1.24 bits per heavy atom. The lowest BCUT2D eigenvalue weighted by atomic mass is 10.1. The van der Waals surface area contributed by atoms with Crippen molar-refractivity contribution in [1.82, 2.24) is 24.6 Å². The molecule has 0 spiro atoms. The highest BCUT2D eigenvalue weighted by Crippen LogP contribution is 2.33. The second kappa shape index (κ2) is 7.32. The van der Waals surface area contributed by atoms with E-state index in [0.29, 0.717) is 43.2 Å². The van der Waals surface area contributed by atoms with Crippen LogP contribution in [0.15, 0.2) is 18.6 Å². The average Bonchev–Trinajstić information content (AvgIpc) is 3.46. The smallest absolute Gasteiger partial charge is 0.410 e. The number of anilines is 3. The van der Waals surface area contributed by atoms with Gasteiger partial charge in [-0.2, -0.15) is 10.1 Å². The SMILES string of the molecule is Cn1cc(Nc2ncc(Cl)c(N[C@@H]3COC4C3OC[C@@H]4N3CCOC3=O)n2)cn1. The fourth-order valence-corrected chi connectivity index (χ4v) is 4.04. The van der Waals surface area contributed by atoms with Crippen molar-refractivity contribution in [3.8, 4) is 0 Å². The summed E-state index contributed by atoms with van der Waals surface area (Å²) >= 11 is 6.29. The Labute approximate surface area is 171 Å². The molecule has 3 aliphatic rings. The molecule has 2 N–H and O–H groups in total. The molecule has 0 saturated carbocycles. The maximum Gasteiger partial charge on any atom is 0.410 e. The fraction of sp³-hybridized carbons (Fsp3) is 0.529. The zero-order valence-electron chi connectivity index (χ0n) is 15.6. The van der Waals surface area contributed by atoms with E-state index in [1.54, 1.807) is 15.8 Å². The topological polar surface area (TPSA) is 116 Å². The van der Waals surface area contributed by atoms with Gasteiger partial charge in [-0.1, -0.05) is 11.6 Å². The van der Waals surface area contributed by atoms with Crippen LogP contribution in [-0.4, -0.2) is 81.4 Å². The Morgan fingerprint density at radius 3 is 2.86 bits per heavy atom. The number of rotatable bonds is 5. The molecule has 12 heteroatoms. The van der Waals surface area contributed by atoms with Gasteiger partial charge in [0.05, 0.1) is 49.9 Å². The van der Waals surface area contributed by atoms with Gasteiger partial charge in [0.25, 0.3) is 0 Å². The van der Waals surface area contributed by atoms with Gasteiger partial charge in [-0.3, -0.25) is 9.58 Å². The second-order valence-corrected chi connectivity index (χ2v) is 7.55. The third kappa shape index (κ3) is 3.45. The Bertz CT molecular complexity index is 925. The minimum atomic E-state index is -0.316. The lowest BCUT2D eigenvalue weighted by molar-refractivity contribution is 0.0518. The monoisotopic (exact) mass is 421 g/mol. The number of nitrogens with zero attached hydrogens (tertiary/aromatic N) is 5. The number of ether oxygens (including phenoxy) is 3. The van der Waals surface area contributed by atoms with Crippen LogP contribution in [0.5, 0.6) is 0 Å². The summed E-state index contributed by atoms with van der Waals surface area (Å²) in [6.07, 6.45) is 4.28. The summed E-state index contributed by atoms with van der Waals surface area (Å²) in [5.74, 6) is 0.875. The number of hydrogen-bond acceptors (Lipinski definition) is 9. The molecular formula is C17H20ClN7O4. The molecule has 2 unspecified atom stereocenters. The molecule has 4 atom stereocenters. The standard InChI is InChI=1S/C17H20ClN7O4/c1-24-6-9(4-20-24)21-16-19-5-10(18)15(23-16)22-11-7-28-14-12(8-29-13(11)14)25-2-3-27-17(25)26/h4-6,11-14H,2-3,7-8H2,1H3,(H2,19,21,22,23)/t11-,12+,13?,14?/m1/s1. The summed E-state index contributed by atoms with van der Waals surface area (Å²) in [6, 6.07) is -0.298. The summed E-state index contributed by atoms with van der Waals surface area (Å²) in [6.45, 7) is 1.78. The van der Waals surface area contributed by atoms with E-state index in [-0.39, 0.29) is 30.4 Å². The van der Waals surface area contributed by atoms with Gasteiger partial charge in [-0.15, -0.1) is 0 Å². The van der Waals surface area contributed by atoms with Gasteiger partial charge in [-0.25, -0.2) is 9.78 Å². The molecule has 29 heavy (non-hydrogen) atoms. The molecule has 2 aromatic heterocycles. The molecule has 11 nitrogen and oxygen atoms in total. The summed E-state index contributed by atoms with van der Waals surface area (Å²) in [5, 5.41) is 10.9. The first-order chi connectivity index (χ1) is 14.1. The minimum absolute atomic E-state index is 0.148. The quantitative estimate of drug-likeness (QED) is 0.729. The molecule has 5 heterocycles. The first kappa shape index (κ1) is 18.4. The summed E-state index contributed by atoms with van der Waals surface area (Å²) in [4.78, 5) is 22.2. The van der Waals surface area contributed by atoms with Crippen molar-refractivity contribution >= 4 is 35.1 Å². The van der Waals surface area contributed by atoms with Gasteiger partial charge >= 0.3 is 6.09 Å². The van der Waals surface area contributed by atoms with E-state index in [0.717, 1.165) is 5.69 Å². The van der Waals surface area contributed by atoms with Crippen molar-refractivity contribution in [1.29, 1.82) is 0 Å². The molecule has 154 valence electrons. The Balaban J connectivity index is 1.28. The molecule has 1 amide bonds. The lowest BCUT2D eigenvalue weighted by Gasteiger charge is -2.24. The lowest BCUT2D eigenvalue weighted by Crippen LogP contribution is -2.45. The number of halogens is 1. The number of carbonyl (C=O) groups excluding carboxylic acids is 1. The van der Waals surface area contributed by atoms with E-state index in [4.69, 9.17) is 25.8 Å². The first-order valence-electron chi connectivity index (χ1n) is 9.30. The van der Waals surface area contributed by atoms with Crippen molar-refractivity contribution in [2.75, 3.05) is 37.0 Å². The van der Waals surface area contributed by atoms with Crippen LogP contribution in [0.4, 0.5) is 22.2 Å². The van der Waals surface area contributed by atoms with Crippen LogP contribution in [0.1, 0.15) is 0 Å². The molecule has 0 radical (unpaired) electrons. The molecular weight excluding hydrogens is 402 g/mol. The number of fused-ring (bicyclic) bond motifs is 1. The highest BCUT2D eigenvalue weighted by Gasteiger charge is 2.51. The molecule has 0 aliphatic carbocycles. The largest absolute Gasteiger partial charge is 0.448 e. The molecule has 0 aromatic carbocycles. The van der Waals surface area contributed by atoms with Crippen molar-refractivity contribution in [3.63, 3.8) is 0 Å². The number of aryl methyl sites for hydroxylation is 1. The highest BCUT2D eigenvalue weighted by atomic mass is 35.5. The second-order valence-electron chi connectivity index (χ2n) is 7.14. The first-order valence-corrected chi connectivity index (χ1v) is 9.67. The predicted molar refractivity (Wildman–Crippen MR) is 102 cm³/mol. The summed E-state index contributed by atoms with van der Waals surface area (Å²) in [5.41, 5.74) is 0.768. The molecule has 3 fully saturated rings. The normalized spacial score (nSPS) is 28.5. The maximum absolute atomic E-state index is 11.9. The van der Waals surface area contributed by atoms with Gasteiger partial charge in [0, 0.05) is 13.2 Å². The van der Waals surface area contributed by atoms with Crippen molar-refractivity contribution in [2.45, 2.75) is 24.3 Å². The minimum Gasteiger partial charge on any atom is -0.448 e. The molecule has 3 saturated heterocycles. The van der Waals surface area contributed by atoms with Gasteiger partial charge in [0.15, 0.2) is 5.82 Å². The zero-order chi connectivity index (χ0) is 20.0. The van der Waals surface area contributed by atoms with E-state index in [9.17, 15) is 4.79 Å². The van der Waals surface area contributed by atoms with Gasteiger partial charge in [0.2, 0.25) is 5.95 Å². The van der Waals surface area contributed by atoms with Crippen molar-refractivity contribution < 1.29 is 19.0 Å². The Hall–Kier alpha value is -2.63. The van der Waals surface area contributed by atoms with E-state index in [1.807, 2.05) is 13.2 Å². The van der Waals surface area contributed by atoms with E-state index < -0.39 is 0 Å². The number of amides is 1. The number of nitrogens with one attached hydrogen (secondary N) is 2. The van der Waals surface area contributed by atoms with Crippen LogP contribution in [0, 0.1) is 0 Å². The van der Waals surface area contributed by atoms with Crippen LogP contribution in [0.3, 0.4) is 0 Å². The van der Waals surface area contributed by atoms with Gasteiger partial charge in [-0.05, 0) is 0 Å². The third-order valence-corrected chi connectivity index (χ3v) is 5.52. The van der Waals surface area contributed by atoms with E-state index >= 15 is 0 Å². The Kier molecular flexibility index (Phi) is 4.64. The zero-order valence-corrected chi connectivity index (χ0v) is 16.4. The van der Waals surface area contributed by atoms with E-state index in [2.05, 4.69) is 25.7 Å². The van der Waals surface area contributed by atoms with Crippen LogP contribution < -0.4 is 10.6 Å². The maximum atomic E-state index is 11.9. The van der Waals surface area contributed by atoms with Crippen LogP contribution in [-0.2, 0) is 21.3 Å². The predicted octanol–water partition coefficient (Wildman–Crippen LogP) is 1.01. The average molecular weight is 422 g/mol. The number of cyclic esters (lactones) is 1. The highest BCUT2D eigenvalue weighted by molar-refractivity contribution is 6.32. The molecule has 2 aromatic rings. The van der Waals surface area contributed by atoms with Crippen LogP contribution in [0.2, 0.25) is 5.02 Å². The van der Waals surface area contributed by atoms with Crippen molar-refractivity contribution in [2.24, 2.45) is 7.05 Å². The van der Waals surface area contributed by atoms with Crippen LogP contribution >= 0.6 is 11.6 Å². The Morgan fingerprint density at radius 2 is 2.10 bits per heavy atom. The summed E-state index contributed by atoms with van der Waals surface area (Å²) < 4.78 is 18.6. The van der Waals surface area contributed by atoms with Gasteiger partial charge < -0.3 is 24.8 Å². The fourth-order valence-electron chi connectivity index (χ4n) is 3.90. The molecule has 0 bridgehead atoms. The van der Waals surface area contributed by atoms with E-state index in [1.165, 1.54) is 6.20 Å². The van der Waals surface area contributed by atoms with Gasteiger partial charge in [0.1, 0.15) is 23.8 Å². The number of carbonyl (C=O) groups is 1. The number of hydrogen-bond donors (Lipinski definition) is 2.